The van der Waals surface area contributed by atoms with Crippen LogP contribution in [0.2, 0.25) is 5.02 Å². The molecule has 0 spiro atoms. The zero-order chi connectivity index (χ0) is 13.8. The van der Waals surface area contributed by atoms with Crippen LogP contribution in [-0.2, 0) is 0 Å². The van der Waals surface area contributed by atoms with Gasteiger partial charge in [-0.25, -0.2) is 0 Å². The first kappa shape index (κ1) is 13.8. The Bertz CT molecular complexity index is 572. The van der Waals surface area contributed by atoms with Crippen LogP contribution in [0.1, 0.15) is 22.9 Å². The number of methoxy groups -OCH3 is 1. The number of halogens is 1. The molecule has 0 aliphatic rings. The van der Waals surface area contributed by atoms with Gasteiger partial charge in [0.2, 0.25) is 0 Å². The van der Waals surface area contributed by atoms with E-state index in [9.17, 15) is 0 Å². The predicted molar refractivity (Wildman–Crippen MR) is 77.9 cm³/mol. The van der Waals surface area contributed by atoms with Crippen molar-refractivity contribution in [2.45, 2.75) is 13.0 Å². The van der Waals surface area contributed by atoms with E-state index in [2.05, 4.69) is 16.4 Å². The summed E-state index contributed by atoms with van der Waals surface area (Å²) in [6.45, 7) is 1.99. The zero-order valence-electron chi connectivity index (χ0n) is 11.3. The highest BCUT2D eigenvalue weighted by Gasteiger charge is 2.18. The molecule has 0 amide bonds. The third-order valence-electron chi connectivity index (χ3n) is 3.11. The summed E-state index contributed by atoms with van der Waals surface area (Å²) in [6, 6.07) is 9.74. The Morgan fingerprint density at radius 1 is 1.32 bits per heavy atom. The Labute approximate surface area is 118 Å². The number of pyridine rings is 1. The van der Waals surface area contributed by atoms with E-state index in [1.54, 1.807) is 13.3 Å². The Morgan fingerprint density at radius 3 is 2.74 bits per heavy atom. The molecular formula is C15H17ClN2O. The van der Waals surface area contributed by atoms with E-state index in [1.165, 1.54) is 0 Å². The standard InChI is InChI=1S/C15H17ClN2O/c1-10-6-7-11(9-12(10)16)14(17-2)15-13(19-3)5-4-8-18-15/h4-9,14,17H,1-3H3. The van der Waals surface area contributed by atoms with E-state index in [-0.39, 0.29) is 6.04 Å². The lowest BCUT2D eigenvalue weighted by Crippen LogP contribution is -2.19. The molecule has 1 aromatic carbocycles. The minimum Gasteiger partial charge on any atom is -0.495 e. The quantitative estimate of drug-likeness (QED) is 0.930. The highest BCUT2D eigenvalue weighted by atomic mass is 35.5. The van der Waals surface area contributed by atoms with Gasteiger partial charge in [0.1, 0.15) is 11.4 Å². The number of aryl methyl sites for hydroxylation is 1. The van der Waals surface area contributed by atoms with Gasteiger partial charge in [-0.2, -0.15) is 0 Å². The summed E-state index contributed by atoms with van der Waals surface area (Å²) >= 11 is 6.20. The van der Waals surface area contributed by atoms with Gasteiger partial charge >= 0.3 is 0 Å². The smallest absolute Gasteiger partial charge is 0.142 e. The van der Waals surface area contributed by atoms with Crippen LogP contribution in [0.5, 0.6) is 5.75 Å². The number of benzene rings is 1. The summed E-state index contributed by atoms with van der Waals surface area (Å²) in [6.07, 6.45) is 1.76. The van der Waals surface area contributed by atoms with E-state index in [1.807, 2.05) is 38.2 Å². The average Bonchev–Trinajstić information content (AvgIpc) is 2.44. The van der Waals surface area contributed by atoms with Crippen molar-refractivity contribution >= 4 is 11.6 Å². The lowest BCUT2D eigenvalue weighted by atomic mass is 10.0. The van der Waals surface area contributed by atoms with Gasteiger partial charge in [0.05, 0.1) is 13.2 Å². The van der Waals surface area contributed by atoms with Crippen molar-refractivity contribution in [3.05, 3.63) is 58.4 Å². The molecule has 0 aliphatic carbocycles. The predicted octanol–water partition coefficient (Wildman–Crippen LogP) is 3.36. The maximum Gasteiger partial charge on any atom is 0.142 e. The molecule has 0 fully saturated rings. The summed E-state index contributed by atoms with van der Waals surface area (Å²) in [5, 5.41) is 4.01. The van der Waals surface area contributed by atoms with Crippen molar-refractivity contribution in [3.63, 3.8) is 0 Å². The highest BCUT2D eigenvalue weighted by molar-refractivity contribution is 6.31. The number of ether oxygens (including phenoxy) is 1. The van der Waals surface area contributed by atoms with Crippen molar-refractivity contribution in [2.24, 2.45) is 0 Å². The van der Waals surface area contributed by atoms with Crippen LogP contribution >= 0.6 is 11.6 Å². The summed E-state index contributed by atoms with van der Waals surface area (Å²) in [7, 11) is 3.54. The number of aromatic nitrogens is 1. The summed E-state index contributed by atoms with van der Waals surface area (Å²) in [4.78, 5) is 4.42. The minimum atomic E-state index is -0.0470. The second-order valence-electron chi connectivity index (χ2n) is 4.32. The highest BCUT2D eigenvalue weighted by Crippen LogP contribution is 2.29. The van der Waals surface area contributed by atoms with Crippen LogP contribution in [0.15, 0.2) is 36.5 Å². The Balaban J connectivity index is 2.46. The van der Waals surface area contributed by atoms with Crippen molar-refractivity contribution < 1.29 is 4.74 Å². The normalized spacial score (nSPS) is 12.2. The molecule has 0 saturated heterocycles. The maximum absolute atomic E-state index is 6.20. The summed E-state index contributed by atoms with van der Waals surface area (Å²) in [5.41, 5.74) is 2.98. The maximum atomic E-state index is 6.20. The average molecular weight is 277 g/mol. The molecule has 1 N–H and O–H groups in total. The number of nitrogens with one attached hydrogen (secondary N) is 1. The van der Waals surface area contributed by atoms with Gasteiger partial charge in [0.15, 0.2) is 0 Å². The first-order chi connectivity index (χ1) is 9.17. The van der Waals surface area contributed by atoms with E-state index in [0.29, 0.717) is 0 Å². The van der Waals surface area contributed by atoms with Gasteiger partial charge in [-0.15, -0.1) is 0 Å². The van der Waals surface area contributed by atoms with Gasteiger partial charge in [0, 0.05) is 11.2 Å². The molecule has 1 unspecified atom stereocenters. The molecule has 1 aromatic heterocycles. The van der Waals surface area contributed by atoms with Crippen LogP contribution in [0.25, 0.3) is 0 Å². The molecule has 1 atom stereocenters. The lowest BCUT2D eigenvalue weighted by Gasteiger charge is -2.19. The fourth-order valence-corrected chi connectivity index (χ4v) is 2.23. The van der Waals surface area contributed by atoms with E-state index >= 15 is 0 Å². The minimum absolute atomic E-state index is 0.0470. The van der Waals surface area contributed by atoms with Crippen LogP contribution in [0.3, 0.4) is 0 Å². The third kappa shape index (κ3) is 2.88. The van der Waals surface area contributed by atoms with Crippen LogP contribution in [-0.4, -0.2) is 19.1 Å². The first-order valence-electron chi connectivity index (χ1n) is 6.09. The Morgan fingerprint density at radius 2 is 2.11 bits per heavy atom. The van der Waals surface area contributed by atoms with Gasteiger partial charge in [-0.1, -0.05) is 23.7 Å². The molecule has 19 heavy (non-hydrogen) atoms. The molecular weight excluding hydrogens is 260 g/mol. The lowest BCUT2D eigenvalue weighted by molar-refractivity contribution is 0.401. The van der Waals surface area contributed by atoms with Crippen molar-refractivity contribution in [2.75, 3.05) is 14.2 Å². The van der Waals surface area contributed by atoms with E-state index in [0.717, 1.165) is 27.6 Å². The summed E-state index contributed by atoms with van der Waals surface area (Å²) in [5.74, 6) is 0.763. The van der Waals surface area contributed by atoms with Gasteiger partial charge < -0.3 is 10.1 Å². The Hall–Kier alpha value is -1.58. The van der Waals surface area contributed by atoms with E-state index < -0.39 is 0 Å². The van der Waals surface area contributed by atoms with Crippen molar-refractivity contribution in [3.8, 4) is 5.75 Å². The molecule has 2 aromatic rings. The molecule has 0 saturated carbocycles. The van der Waals surface area contributed by atoms with Crippen LogP contribution in [0, 0.1) is 6.92 Å². The monoisotopic (exact) mass is 276 g/mol. The largest absolute Gasteiger partial charge is 0.495 e. The number of hydrogen-bond acceptors (Lipinski definition) is 3. The molecule has 4 heteroatoms. The third-order valence-corrected chi connectivity index (χ3v) is 3.52. The molecule has 2 rings (SSSR count). The first-order valence-corrected chi connectivity index (χ1v) is 6.47. The van der Waals surface area contributed by atoms with Crippen molar-refractivity contribution in [1.29, 1.82) is 0 Å². The molecule has 100 valence electrons. The second kappa shape index (κ2) is 6.04. The molecule has 0 bridgehead atoms. The summed E-state index contributed by atoms with van der Waals surface area (Å²) < 4.78 is 5.37. The Kier molecular flexibility index (Phi) is 4.40. The van der Waals surface area contributed by atoms with Gasteiger partial charge in [-0.05, 0) is 43.3 Å². The van der Waals surface area contributed by atoms with Gasteiger partial charge in [-0.3, -0.25) is 4.98 Å². The van der Waals surface area contributed by atoms with Crippen LogP contribution in [0.4, 0.5) is 0 Å². The number of rotatable bonds is 4. The van der Waals surface area contributed by atoms with Gasteiger partial charge in [0.25, 0.3) is 0 Å². The second-order valence-corrected chi connectivity index (χ2v) is 4.73. The number of nitrogens with zero attached hydrogens (tertiary/aromatic N) is 1. The molecule has 3 nitrogen and oxygen atoms in total. The van der Waals surface area contributed by atoms with Crippen molar-refractivity contribution in [1.82, 2.24) is 10.3 Å². The SMILES string of the molecule is CNC(c1ccc(C)c(Cl)c1)c1ncccc1OC. The molecule has 1 heterocycles. The fraction of sp³-hybridized carbons (Fsp3) is 0.267. The fourth-order valence-electron chi connectivity index (χ4n) is 2.04. The van der Waals surface area contributed by atoms with Crippen LogP contribution < -0.4 is 10.1 Å². The number of hydrogen-bond donors (Lipinski definition) is 1. The zero-order valence-corrected chi connectivity index (χ0v) is 12.0. The molecule has 0 aliphatic heterocycles. The topological polar surface area (TPSA) is 34.2 Å². The molecule has 0 radical (unpaired) electrons. The van der Waals surface area contributed by atoms with E-state index in [4.69, 9.17) is 16.3 Å².